The van der Waals surface area contributed by atoms with Gasteiger partial charge in [0.15, 0.2) is 5.75 Å². The zero-order valence-corrected chi connectivity index (χ0v) is 11.1. The molecule has 1 unspecified atom stereocenters. The predicted molar refractivity (Wildman–Crippen MR) is 67.8 cm³/mol. The Morgan fingerprint density at radius 1 is 1.29 bits per heavy atom. The Hall–Kier alpha value is -2.25. The van der Waals surface area contributed by atoms with Crippen LogP contribution in [0.15, 0.2) is 24.3 Å². The molecular weight excluding hydrogens is 291 g/mol. The lowest BCUT2D eigenvalue weighted by atomic mass is 10.0. The molecule has 116 valence electrons. The quantitative estimate of drug-likeness (QED) is 0.847. The minimum Gasteiger partial charge on any atom is -0.481 e. The van der Waals surface area contributed by atoms with Crippen molar-refractivity contribution in [3.8, 4) is 5.75 Å². The Labute approximate surface area is 118 Å². The van der Waals surface area contributed by atoms with Crippen molar-refractivity contribution < 1.29 is 32.6 Å². The number of carbonyl (C=O) groups excluding carboxylic acids is 1. The zero-order chi connectivity index (χ0) is 16.0. The van der Waals surface area contributed by atoms with Crippen molar-refractivity contribution in [2.75, 3.05) is 5.32 Å². The smallest absolute Gasteiger partial charge is 0.481 e. The maximum absolute atomic E-state index is 12.2. The van der Waals surface area contributed by atoms with Gasteiger partial charge in [-0.25, -0.2) is 0 Å². The monoisotopic (exact) mass is 305 g/mol. The molecule has 1 atom stereocenters. The zero-order valence-electron chi connectivity index (χ0n) is 11.1. The van der Waals surface area contributed by atoms with Crippen LogP contribution in [0.3, 0.4) is 0 Å². The van der Waals surface area contributed by atoms with Crippen LogP contribution in [0.1, 0.15) is 19.8 Å². The van der Waals surface area contributed by atoms with E-state index in [1.54, 1.807) is 6.92 Å². The number of carboxylic acids is 1. The van der Waals surface area contributed by atoms with Crippen LogP contribution >= 0.6 is 0 Å². The van der Waals surface area contributed by atoms with E-state index in [1.807, 2.05) is 0 Å². The van der Waals surface area contributed by atoms with Gasteiger partial charge in [-0.1, -0.05) is 19.1 Å². The van der Waals surface area contributed by atoms with E-state index < -0.39 is 29.9 Å². The van der Waals surface area contributed by atoms with Crippen molar-refractivity contribution in [1.82, 2.24) is 0 Å². The van der Waals surface area contributed by atoms with Crippen LogP contribution in [0.4, 0.5) is 18.9 Å². The number of hydrogen-bond acceptors (Lipinski definition) is 3. The first kappa shape index (κ1) is 16.8. The average Bonchev–Trinajstić information content (AvgIpc) is 2.28. The van der Waals surface area contributed by atoms with Crippen LogP contribution in [0, 0.1) is 5.92 Å². The van der Waals surface area contributed by atoms with Crippen LogP contribution < -0.4 is 10.1 Å². The summed E-state index contributed by atoms with van der Waals surface area (Å²) in [6, 6.07) is 5.12. The minimum absolute atomic E-state index is 0.118. The highest BCUT2D eigenvalue weighted by Gasteiger charge is 2.32. The third kappa shape index (κ3) is 6.64. The molecule has 0 aliphatic heterocycles. The SMILES string of the molecule is CC(CC(=O)O)CC(=O)Nc1ccccc1OC(F)(F)F. The highest BCUT2D eigenvalue weighted by molar-refractivity contribution is 5.92. The fourth-order valence-corrected chi connectivity index (χ4v) is 1.67. The Bertz CT molecular complexity index is 516. The van der Waals surface area contributed by atoms with Crippen LogP contribution in [0.5, 0.6) is 5.75 Å². The van der Waals surface area contributed by atoms with E-state index in [2.05, 4.69) is 10.1 Å². The predicted octanol–water partition coefficient (Wildman–Crippen LogP) is 3.02. The number of amides is 1. The van der Waals surface area contributed by atoms with Crippen LogP contribution in [0.2, 0.25) is 0 Å². The molecule has 0 bridgehead atoms. The summed E-state index contributed by atoms with van der Waals surface area (Å²) in [7, 11) is 0. The first-order valence-corrected chi connectivity index (χ1v) is 6.04. The Morgan fingerprint density at radius 2 is 1.90 bits per heavy atom. The third-order valence-corrected chi connectivity index (χ3v) is 2.44. The molecule has 5 nitrogen and oxygen atoms in total. The molecule has 0 heterocycles. The molecule has 0 saturated heterocycles. The topological polar surface area (TPSA) is 75.6 Å². The van der Waals surface area contributed by atoms with Crippen LogP contribution in [-0.4, -0.2) is 23.3 Å². The van der Waals surface area contributed by atoms with E-state index >= 15 is 0 Å². The normalized spacial score (nSPS) is 12.6. The third-order valence-electron chi connectivity index (χ3n) is 2.44. The number of alkyl halides is 3. The lowest BCUT2D eigenvalue weighted by molar-refractivity contribution is -0.274. The maximum atomic E-state index is 12.2. The summed E-state index contributed by atoms with van der Waals surface area (Å²) in [4.78, 5) is 22.2. The first-order chi connectivity index (χ1) is 9.67. The number of nitrogens with one attached hydrogen (secondary N) is 1. The first-order valence-electron chi connectivity index (χ1n) is 6.04. The molecule has 8 heteroatoms. The standard InChI is InChI=1S/C13H14F3NO4/c1-8(7-12(19)20)6-11(18)17-9-4-2-3-5-10(9)21-13(14,15)16/h2-5,8H,6-7H2,1H3,(H,17,18)(H,19,20). The lowest BCUT2D eigenvalue weighted by Gasteiger charge is -2.14. The van der Waals surface area contributed by atoms with Gasteiger partial charge in [0, 0.05) is 12.8 Å². The van der Waals surface area contributed by atoms with Gasteiger partial charge in [-0.15, -0.1) is 13.2 Å². The summed E-state index contributed by atoms with van der Waals surface area (Å²) in [5.41, 5.74) is -0.123. The van der Waals surface area contributed by atoms with Gasteiger partial charge in [0.25, 0.3) is 0 Å². The molecular formula is C13H14F3NO4. The largest absolute Gasteiger partial charge is 0.573 e. The van der Waals surface area contributed by atoms with Crippen molar-refractivity contribution in [2.24, 2.45) is 5.92 Å². The van der Waals surface area contributed by atoms with Crippen LogP contribution in [0.25, 0.3) is 0 Å². The van der Waals surface area contributed by atoms with Crippen LogP contribution in [-0.2, 0) is 9.59 Å². The van der Waals surface area contributed by atoms with Crippen molar-refractivity contribution in [2.45, 2.75) is 26.1 Å². The highest BCUT2D eigenvalue weighted by atomic mass is 19.4. The Kier molecular flexibility index (Phi) is 5.57. The van der Waals surface area contributed by atoms with Gasteiger partial charge in [-0.3, -0.25) is 9.59 Å². The average molecular weight is 305 g/mol. The molecule has 0 aromatic heterocycles. The number of halogens is 3. The molecule has 21 heavy (non-hydrogen) atoms. The summed E-state index contributed by atoms with van der Waals surface area (Å²) in [5, 5.41) is 10.9. The number of hydrogen-bond donors (Lipinski definition) is 2. The molecule has 1 amide bonds. The number of aliphatic carboxylic acids is 1. The summed E-state index contributed by atoms with van der Waals surface area (Å²) in [6.07, 6.45) is -5.18. The number of carboxylic acid groups (broad SMARTS) is 1. The Morgan fingerprint density at radius 3 is 2.48 bits per heavy atom. The molecule has 0 saturated carbocycles. The van der Waals surface area contributed by atoms with Crippen molar-refractivity contribution >= 4 is 17.6 Å². The molecule has 0 aliphatic rings. The maximum Gasteiger partial charge on any atom is 0.573 e. The van der Waals surface area contributed by atoms with Gasteiger partial charge < -0.3 is 15.2 Å². The molecule has 0 fully saturated rings. The second kappa shape index (κ2) is 6.96. The van der Waals surface area contributed by atoms with Gasteiger partial charge in [0.05, 0.1) is 5.69 Å². The molecule has 0 aliphatic carbocycles. The Balaban J connectivity index is 2.70. The van der Waals surface area contributed by atoms with Gasteiger partial charge in [-0.05, 0) is 18.1 Å². The highest BCUT2D eigenvalue weighted by Crippen LogP contribution is 2.30. The van der Waals surface area contributed by atoms with E-state index in [0.717, 1.165) is 6.07 Å². The number of benzene rings is 1. The summed E-state index contributed by atoms with van der Waals surface area (Å²) in [6.45, 7) is 1.56. The fourth-order valence-electron chi connectivity index (χ4n) is 1.67. The van der Waals surface area contributed by atoms with Gasteiger partial charge >= 0.3 is 12.3 Å². The molecule has 0 radical (unpaired) electrons. The number of rotatable bonds is 6. The molecule has 1 rings (SSSR count). The van der Waals surface area contributed by atoms with Crippen molar-refractivity contribution in [1.29, 1.82) is 0 Å². The van der Waals surface area contributed by atoms with E-state index in [4.69, 9.17) is 5.11 Å². The van der Waals surface area contributed by atoms with Crippen molar-refractivity contribution in [3.05, 3.63) is 24.3 Å². The minimum atomic E-state index is -4.86. The number of ether oxygens (including phenoxy) is 1. The molecule has 1 aromatic rings. The van der Waals surface area contributed by atoms with E-state index in [-0.39, 0.29) is 18.5 Å². The van der Waals surface area contributed by atoms with Crippen molar-refractivity contribution in [3.63, 3.8) is 0 Å². The van der Waals surface area contributed by atoms with E-state index in [9.17, 15) is 22.8 Å². The summed E-state index contributed by atoms with van der Waals surface area (Å²) >= 11 is 0. The summed E-state index contributed by atoms with van der Waals surface area (Å²) in [5.74, 6) is -2.58. The molecule has 1 aromatic carbocycles. The molecule has 2 N–H and O–H groups in total. The number of para-hydroxylation sites is 2. The summed E-state index contributed by atoms with van der Waals surface area (Å²) < 4.78 is 40.4. The van der Waals surface area contributed by atoms with Gasteiger partial charge in [0.1, 0.15) is 0 Å². The second-order valence-corrected chi connectivity index (χ2v) is 4.50. The van der Waals surface area contributed by atoms with E-state index in [1.165, 1.54) is 18.2 Å². The fraction of sp³-hybridized carbons (Fsp3) is 0.385. The lowest BCUT2D eigenvalue weighted by Crippen LogP contribution is -2.20. The van der Waals surface area contributed by atoms with Gasteiger partial charge in [-0.2, -0.15) is 0 Å². The number of carbonyl (C=O) groups is 2. The number of anilines is 1. The van der Waals surface area contributed by atoms with E-state index in [0.29, 0.717) is 0 Å². The van der Waals surface area contributed by atoms with Gasteiger partial charge in [0.2, 0.25) is 5.91 Å². The second-order valence-electron chi connectivity index (χ2n) is 4.50. The molecule has 0 spiro atoms.